The molecular weight excluding hydrogens is 235 g/mol. The summed E-state index contributed by atoms with van der Waals surface area (Å²) in [5.74, 6) is -0.0439. The van der Waals surface area contributed by atoms with Crippen molar-refractivity contribution in [2.45, 2.75) is 6.42 Å². The molecule has 92 valence electrons. The number of nitrogens with zero attached hydrogens (tertiary/aromatic N) is 2. The van der Waals surface area contributed by atoms with Crippen molar-refractivity contribution in [2.24, 2.45) is 7.05 Å². The Morgan fingerprint density at radius 1 is 1.44 bits per heavy atom. The lowest BCUT2D eigenvalue weighted by molar-refractivity contribution is -0.115. The van der Waals surface area contributed by atoms with E-state index in [4.69, 9.17) is 5.73 Å². The van der Waals surface area contributed by atoms with Crippen molar-refractivity contribution in [3.8, 4) is 11.3 Å². The maximum atomic E-state index is 13.5. The lowest BCUT2D eigenvalue weighted by atomic mass is 10.0. The van der Waals surface area contributed by atoms with E-state index in [9.17, 15) is 9.18 Å². The first-order chi connectivity index (χ1) is 8.54. The van der Waals surface area contributed by atoms with Gasteiger partial charge in [-0.1, -0.05) is 0 Å². The van der Waals surface area contributed by atoms with Crippen LogP contribution >= 0.6 is 0 Å². The highest BCUT2D eigenvalue weighted by atomic mass is 19.1. The normalized spacial score (nSPS) is 13.6. The fourth-order valence-electron chi connectivity index (χ4n) is 2.12. The molecule has 1 amide bonds. The van der Waals surface area contributed by atoms with Crippen molar-refractivity contribution < 1.29 is 9.18 Å². The van der Waals surface area contributed by atoms with E-state index in [0.717, 1.165) is 0 Å². The summed E-state index contributed by atoms with van der Waals surface area (Å²) < 4.78 is 15.0. The van der Waals surface area contributed by atoms with Gasteiger partial charge in [-0.2, -0.15) is 5.10 Å². The van der Waals surface area contributed by atoms with Gasteiger partial charge < -0.3 is 11.1 Å². The van der Waals surface area contributed by atoms with Gasteiger partial charge in [-0.25, -0.2) is 4.39 Å². The largest absolute Gasteiger partial charge is 0.384 e. The zero-order valence-electron chi connectivity index (χ0n) is 9.70. The second-order valence-corrected chi connectivity index (χ2v) is 4.29. The highest BCUT2D eigenvalue weighted by Crippen LogP contribution is 2.35. The molecule has 2 heterocycles. The van der Waals surface area contributed by atoms with Crippen LogP contribution in [0.3, 0.4) is 0 Å². The third-order valence-electron chi connectivity index (χ3n) is 2.99. The number of nitrogens with one attached hydrogen (secondary N) is 1. The summed E-state index contributed by atoms with van der Waals surface area (Å²) in [5.41, 5.74) is 8.09. The van der Waals surface area contributed by atoms with E-state index in [2.05, 4.69) is 10.4 Å². The van der Waals surface area contributed by atoms with Crippen LogP contribution in [0.25, 0.3) is 11.3 Å². The molecule has 0 atom stereocenters. The molecule has 1 aliphatic heterocycles. The Morgan fingerprint density at radius 3 is 2.89 bits per heavy atom. The Bertz CT molecular complexity index is 643. The molecule has 1 aromatic heterocycles. The maximum Gasteiger partial charge on any atom is 0.228 e. The van der Waals surface area contributed by atoms with Crippen LogP contribution in [0, 0.1) is 5.82 Å². The molecule has 2 aromatic rings. The molecular formula is C12H11FN4O. The summed E-state index contributed by atoms with van der Waals surface area (Å²) in [6, 6.07) is 4.37. The smallest absolute Gasteiger partial charge is 0.228 e. The second kappa shape index (κ2) is 3.56. The first kappa shape index (κ1) is 10.8. The van der Waals surface area contributed by atoms with E-state index in [0.29, 0.717) is 28.3 Å². The van der Waals surface area contributed by atoms with Gasteiger partial charge in [0.1, 0.15) is 11.6 Å². The first-order valence-electron chi connectivity index (χ1n) is 5.47. The number of carbonyl (C=O) groups is 1. The zero-order chi connectivity index (χ0) is 12.9. The number of amides is 1. The Hall–Kier alpha value is -2.37. The van der Waals surface area contributed by atoms with Gasteiger partial charge in [0.15, 0.2) is 0 Å². The Labute approximate surface area is 102 Å². The van der Waals surface area contributed by atoms with Gasteiger partial charge in [0.05, 0.1) is 17.8 Å². The number of anilines is 2. The van der Waals surface area contributed by atoms with Crippen LogP contribution in [-0.4, -0.2) is 15.7 Å². The molecule has 18 heavy (non-hydrogen) atoms. The number of benzene rings is 1. The predicted molar refractivity (Wildman–Crippen MR) is 65.3 cm³/mol. The molecule has 0 spiro atoms. The lowest BCUT2D eigenvalue weighted by Crippen LogP contribution is -2.04. The van der Waals surface area contributed by atoms with Crippen molar-refractivity contribution in [2.75, 3.05) is 11.1 Å². The molecule has 0 saturated carbocycles. The summed E-state index contributed by atoms with van der Waals surface area (Å²) in [4.78, 5) is 11.4. The Balaban J connectivity index is 2.21. The summed E-state index contributed by atoms with van der Waals surface area (Å²) in [6.07, 6.45) is 0.197. The quantitative estimate of drug-likeness (QED) is 0.796. The fraction of sp³-hybridized carbons (Fsp3) is 0.167. The minimum atomic E-state index is -0.385. The summed E-state index contributed by atoms with van der Waals surface area (Å²) >= 11 is 0. The van der Waals surface area contributed by atoms with Gasteiger partial charge in [-0.05, 0) is 17.7 Å². The highest BCUT2D eigenvalue weighted by molar-refractivity contribution is 6.03. The van der Waals surface area contributed by atoms with Crippen molar-refractivity contribution in [1.29, 1.82) is 0 Å². The molecule has 3 N–H and O–H groups in total. The summed E-state index contributed by atoms with van der Waals surface area (Å²) in [5, 5.41) is 6.92. The predicted octanol–water partition coefficient (Wildman–Crippen LogP) is 1.30. The van der Waals surface area contributed by atoms with Gasteiger partial charge in [0, 0.05) is 18.7 Å². The maximum absolute atomic E-state index is 13.5. The van der Waals surface area contributed by atoms with Crippen LogP contribution in [0.4, 0.5) is 15.9 Å². The monoisotopic (exact) mass is 246 g/mol. The van der Waals surface area contributed by atoms with Crippen LogP contribution in [0.15, 0.2) is 18.2 Å². The van der Waals surface area contributed by atoms with Crippen LogP contribution in [0.1, 0.15) is 5.56 Å². The number of rotatable bonds is 1. The SMILES string of the molecule is Cn1nc(-c2cc(F)cc3c2NC(=O)C3)cc1N. The third kappa shape index (κ3) is 1.54. The number of aryl methyl sites for hydroxylation is 1. The number of nitrogen functional groups attached to an aromatic ring is 1. The zero-order valence-corrected chi connectivity index (χ0v) is 9.70. The second-order valence-electron chi connectivity index (χ2n) is 4.29. The molecule has 3 rings (SSSR count). The van der Waals surface area contributed by atoms with Crippen molar-refractivity contribution in [1.82, 2.24) is 9.78 Å². The van der Waals surface area contributed by atoms with Crippen molar-refractivity contribution in [3.63, 3.8) is 0 Å². The molecule has 0 fully saturated rings. The van der Waals surface area contributed by atoms with E-state index >= 15 is 0 Å². The average Bonchev–Trinajstić information content (AvgIpc) is 2.81. The highest BCUT2D eigenvalue weighted by Gasteiger charge is 2.23. The van der Waals surface area contributed by atoms with E-state index in [1.807, 2.05) is 0 Å². The van der Waals surface area contributed by atoms with Crippen molar-refractivity contribution >= 4 is 17.4 Å². The topological polar surface area (TPSA) is 72.9 Å². The first-order valence-corrected chi connectivity index (χ1v) is 5.47. The van der Waals surface area contributed by atoms with E-state index in [-0.39, 0.29) is 18.1 Å². The van der Waals surface area contributed by atoms with E-state index < -0.39 is 0 Å². The number of carbonyl (C=O) groups excluding carboxylic acids is 1. The molecule has 0 aliphatic carbocycles. The number of hydrogen-bond acceptors (Lipinski definition) is 3. The average molecular weight is 246 g/mol. The molecule has 1 aromatic carbocycles. The minimum absolute atomic E-state index is 0.138. The third-order valence-corrected chi connectivity index (χ3v) is 2.99. The van der Waals surface area contributed by atoms with Gasteiger partial charge in [0.2, 0.25) is 5.91 Å². The minimum Gasteiger partial charge on any atom is -0.384 e. The van der Waals surface area contributed by atoms with Crippen LogP contribution < -0.4 is 11.1 Å². The number of halogens is 1. The van der Waals surface area contributed by atoms with Crippen LogP contribution in [0.2, 0.25) is 0 Å². The number of hydrogen-bond donors (Lipinski definition) is 2. The summed E-state index contributed by atoms with van der Waals surface area (Å²) in [6.45, 7) is 0. The summed E-state index contributed by atoms with van der Waals surface area (Å²) in [7, 11) is 1.71. The van der Waals surface area contributed by atoms with Gasteiger partial charge in [0.25, 0.3) is 0 Å². The Morgan fingerprint density at radius 2 is 2.22 bits per heavy atom. The molecule has 6 heteroatoms. The molecule has 1 aliphatic rings. The molecule has 0 unspecified atom stereocenters. The van der Waals surface area contributed by atoms with Crippen molar-refractivity contribution in [3.05, 3.63) is 29.6 Å². The standard InChI is InChI=1S/C12H11FN4O/c1-17-10(14)5-9(16-17)8-4-7(13)2-6-3-11(18)15-12(6)8/h2,4-5H,3,14H2,1H3,(H,15,18). The van der Waals surface area contributed by atoms with Gasteiger partial charge in [-0.3, -0.25) is 9.48 Å². The number of nitrogens with two attached hydrogens (primary N) is 1. The molecule has 0 bridgehead atoms. The van der Waals surface area contributed by atoms with E-state index in [1.54, 1.807) is 13.1 Å². The number of aromatic nitrogens is 2. The Kier molecular flexibility index (Phi) is 2.13. The molecule has 0 saturated heterocycles. The number of fused-ring (bicyclic) bond motifs is 1. The fourth-order valence-corrected chi connectivity index (χ4v) is 2.12. The molecule has 5 nitrogen and oxygen atoms in total. The van der Waals surface area contributed by atoms with E-state index in [1.165, 1.54) is 16.8 Å². The van der Waals surface area contributed by atoms with Crippen LogP contribution in [-0.2, 0) is 18.3 Å². The molecule has 0 radical (unpaired) electrons. The van der Waals surface area contributed by atoms with Gasteiger partial charge in [-0.15, -0.1) is 0 Å². The van der Waals surface area contributed by atoms with Crippen LogP contribution in [0.5, 0.6) is 0 Å². The lowest BCUT2D eigenvalue weighted by Gasteiger charge is -2.05. The van der Waals surface area contributed by atoms with Gasteiger partial charge >= 0.3 is 0 Å².